The number of nitrogens with two attached hydrogens (primary N) is 1. The molecule has 0 aliphatic heterocycles. The summed E-state index contributed by atoms with van der Waals surface area (Å²) in [5, 5.41) is 17.5. The highest BCUT2D eigenvalue weighted by Gasteiger charge is 2.33. The molecule has 96 valence electrons. The smallest absolute Gasteiger partial charge is 0.478 e. The third-order valence-electron chi connectivity index (χ3n) is 1.97. The van der Waals surface area contributed by atoms with E-state index in [1.807, 2.05) is 0 Å². The van der Waals surface area contributed by atoms with Gasteiger partial charge in [0.15, 0.2) is 0 Å². The molecule has 1 aromatic carbocycles. The van der Waals surface area contributed by atoms with Crippen LogP contribution in [0.2, 0.25) is 0 Å². The predicted molar refractivity (Wildman–Crippen MR) is 52.7 cm³/mol. The molecule has 1 aromatic rings. The fourth-order valence-corrected chi connectivity index (χ4v) is 1.28. The Morgan fingerprint density at radius 2 is 2.11 bits per heavy atom. The fraction of sp³-hybridized carbons (Fsp3) is 0.200. The second-order valence-electron chi connectivity index (χ2n) is 3.19. The molecule has 3 N–H and O–H groups in total. The van der Waals surface area contributed by atoms with Gasteiger partial charge < -0.3 is 15.6 Å². The molecule has 0 heterocycles. The summed E-state index contributed by atoms with van der Waals surface area (Å²) in [4.78, 5) is 10.8. The molecule has 5 nitrogen and oxygen atoms in total. The van der Waals surface area contributed by atoms with Gasteiger partial charge in [-0.1, -0.05) is 0 Å². The predicted octanol–water partition coefficient (Wildman–Crippen LogP) is 1.61. The van der Waals surface area contributed by atoms with Crippen molar-refractivity contribution in [3.05, 3.63) is 28.8 Å². The lowest BCUT2D eigenvalue weighted by atomic mass is 10.0. The van der Waals surface area contributed by atoms with Crippen LogP contribution in [0.1, 0.15) is 21.5 Å². The van der Waals surface area contributed by atoms with Gasteiger partial charge in [-0.25, -0.2) is 4.79 Å². The van der Waals surface area contributed by atoms with Crippen molar-refractivity contribution in [2.75, 3.05) is 0 Å². The number of nitriles is 1. The fourth-order valence-electron chi connectivity index (χ4n) is 1.28. The summed E-state index contributed by atoms with van der Waals surface area (Å²) >= 11 is 0. The van der Waals surface area contributed by atoms with E-state index in [9.17, 15) is 18.0 Å². The number of halogens is 3. The molecule has 18 heavy (non-hydrogen) atoms. The molecular formula is C10H7F3N2O3. The molecule has 0 fully saturated rings. The van der Waals surface area contributed by atoms with Crippen LogP contribution in [0, 0.1) is 11.3 Å². The molecule has 0 saturated carbocycles. The number of nitrogens with zero attached hydrogens (tertiary/aromatic N) is 1. The molecule has 0 aliphatic rings. The van der Waals surface area contributed by atoms with Crippen molar-refractivity contribution in [2.24, 2.45) is 5.73 Å². The summed E-state index contributed by atoms with van der Waals surface area (Å²) < 4.78 is 40.0. The molecule has 0 atom stereocenters. The molecule has 0 amide bonds. The first-order chi connectivity index (χ1) is 8.28. The Hall–Kier alpha value is -2.27. The SMILES string of the molecule is N#Cc1c(OC(F)(F)F)cc(CN)cc1C(=O)O. The first-order valence-electron chi connectivity index (χ1n) is 4.54. The Bertz CT molecular complexity index is 520. The van der Waals surface area contributed by atoms with Gasteiger partial charge in [-0.15, -0.1) is 13.2 Å². The summed E-state index contributed by atoms with van der Waals surface area (Å²) in [6.45, 7) is -0.180. The van der Waals surface area contributed by atoms with Gasteiger partial charge in [0.1, 0.15) is 17.4 Å². The number of hydrogen-bond donors (Lipinski definition) is 2. The van der Waals surface area contributed by atoms with Crippen LogP contribution in [0.5, 0.6) is 5.75 Å². The summed E-state index contributed by atoms with van der Waals surface area (Å²) in [5.41, 5.74) is 4.07. The second kappa shape index (κ2) is 4.93. The van der Waals surface area contributed by atoms with E-state index in [0.717, 1.165) is 12.1 Å². The van der Waals surface area contributed by atoms with Crippen molar-refractivity contribution in [1.29, 1.82) is 5.26 Å². The van der Waals surface area contributed by atoms with Gasteiger partial charge in [-0.05, 0) is 17.7 Å². The zero-order valence-electron chi connectivity index (χ0n) is 8.78. The van der Waals surface area contributed by atoms with Gasteiger partial charge in [0.2, 0.25) is 0 Å². The number of carboxylic acid groups (broad SMARTS) is 1. The number of rotatable bonds is 3. The average molecular weight is 260 g/mol. The molecule has 0 saturated heterocycles. The Morgan fingerprint density at radius 3 is 2.50 bits per heavy atom. The summed E-state index contributed by atoms with van der Waals surface area (Å²) in [7, 11) is 0. The summed E-state index contributed by atoms with van der Waals surface area (Å²) in [6, 6.07) is 3.29. The van der Waals surface area contributed by atoms with Crippen LogP contribution in [-0.4, -0.2) is 17.4 Å². The first kappa shape index (κ1) is 13.8. The van der Waals surface area contributed by atoms with Crippen molar-refractivity contribution in [3.63, 3.8) is 0 Å². The van der Waals surface area contributed by atoms with Crippen molar-refractivity contribution in [1.82, 2.24) is 0 Å². The van der Waals surface area contributed by atoms with Crippen molar-refractivity contribution < 1.29 is 27.8 Å². The zero-order chi connectivity index (χ0) is 13.9. The van der Waals surface area contributed by atoms with Crippen molar-refractivity contribution >= 4 is 5.97 Å². The molecule has 0 aliphatic carbocycles. The van der Waals surface area contributed by atoms with Crippen LogP contribution >= 0.6 is 0 Å². The topological polar surface area (TPSA) is 96.3 Å². The maximum atomic E-state index is 12.1. The van der Waals surface area contributed by atoms with Crippen LogP contribution < -0.4 is 10.5 Å². The lowest BCUT2D eigenvalue weighted by molar-refractivity contribution is -0.274. The maximum absolute atomic E-state index is 12.1. The Kier molecular flexibility index (Phi) is 3.78. The van der Waals surface area contributed by atoms with E-state index in [1.165, 1.54) is 6.07 Å². The monoisotopic (exact) mass is 260 g/mol. The number of carboxylic acids is 1. The maximum Gasteiger partial charge on any atom is 0.573 e. The number of alkyl halides is 3. The minimum absolute atomic E-state index is 0.116. The summed E-state index contributed by atoms with van der Waals surface area (Å²) in [6.07, 6.45) is -5.02. The van der Waals surface area contributed by atoms with E-state index < -0.39 is 29.2 Å². The van der Waals surface area contributed by atoms with Gasteiger partial charge in [0, 0.05) is 6.54 Å². The van der Waals surface area contributed by atoms with E-state index in [4.69, 9.17) is 16.1 Å². The third kappa shape index (κ3) is 3.11. The number of ether oxygens (including phenoxy) is 1. The molecule has 8 heteroatoms. The molecule has 0 radical (unpaired) electrons. The highest BCUT2D eigenvalue weighted by Crippen LogP contribution is 2.29. The van der Waals surface area contributed by atoms with Gasteiger partial charge in [0.25, 0.3) is 0 Å². The lowest BCUT2D eigenvalue weighted by Crippen LogP contribution is -2.19. The largest absolute Gasteiger partial charge is 0.573 e. The van der Waals surface area contributed by atoms with Crippen LogP contribution in [0.15, 0.2) is 12.1 Å². The summed E-state index contributed by atoms with van der Waals surface area (Å²) in [5.74, 6) is -2.40. The Labute approximate surface area is 99.2 Å². The molecule has 0 unspecified atom stereocenters. The van der Waals surface area contributed by atoms with Crippen LogP contribution in [0.4, 0.5) is 13.2 Å². The second-order valence-corrected chi connectivity index (χ2v) is 3.19. The van der Waals surface area contributed by atoms with Gasteiger partial charge in [-0.2, -0.15) is 5.26 Å². The quantitative estimate of drug-likeness (QED) is 0.860. The normalized spacial score (nSPS) is 10.8. The van der Waals surface area contributed by atoms with E-state index in [-0.39, 0.29) is 12.1 Å². The van der Waals surface area contributed by atoms with Crippen LogP contribution in [0.3, 0.4) is 0 Å². The minimum atomic E-state index is -5.02. The van der Waals surface area contributed by atoms with E-state index in [0.29, 0.717) is 0 Å². The zero-order valence-corrected chi connectivity index (χ0v) is 8.78. The van der Waals surface area contributed by atoms with Crippen molar-refractivity contribution in [3.8, 4) is 11.8 Å². The number of carbonyl (C=O) groups is 1. The van der Waals surface area contributed by atoms with E-state index in [2.05, 4.69) is 4.74 Å². The van der Waals surface area contributed by atoms with E-state index in [1.54, 1.807) is 0 Å². The van der Waals surface area contributed by atoms with Gasteiger partial charge >= 0.3 is 12.3 Å². The standard InChI is InChI=1S/C10H7F3N2O3/c11-10(12,13)18-8-2-5(3-14)1-6(9(16)17)7(8)4-15/h1-2H,3,14H2,(H,16,17). The molecule has 0 bridgehead atoms. The molecule has 1 rings (SSSR count). The van der Waals surface area contributed by atoms with E-state index >= 15 is 0 Å². The Morgan fingerprint density at radius 1 is 1.50 bits per heavy atom. The number of benzene rings is 1. The highest BCUT2D eigenvalue weighted by atomic mass is 19.4. The highest BCUT2D eigenvalue weighted by molar-refractivity contribution is 5.92. The lowest BCUT2D eigenvalue weighted by Gasteiger charge is -2.13. The molecule has 0 aromatic heterocycles. The van der Waals surface area contributed by atoms with Crippen molar-refractivity contribution in [2.45, 2.75) is 12.9 Å². The van der Waals surface area contributed by atoms with Crippen LogP contribution in [0.25, 0.3) is 0 Å². The molecule has 0 spiro atoms. The minimum Gasteiger partial charge on any atom is -0.478 e. The first-order valence-corrected chi connectivity index (χ1v) is 4.54. The Balaban J connectivity index is 3.44. The van der Waals surface area contributed by atoms with Crippen LogP contribution in [-0.2, 0) is 6.54 Å². The molecular weight excluding hydrogens is 253 g/mol. The van der Waals surface area contributed by atoms with Gasteiger partial charge in [0.05, 0.1) is 5.56 Å². The number of hydrogen-bond acceptors (Lipinski definition) is 4. The van der Waals surface area contributed by atoms with Gasteiger partial charge in [-0.3, -0.25) is 0 Å². The average Bonchev–Trinajstić information content (AvgIpc) is 2.25. The third-order valence-corrected chi connectivity index (χ3v) is 1.97. The number of aromatic carboxylic acids is 1.